The second kappa shape index (κ2) is 4.63. The number of hydrogen-bond acceptors (Lipinski definition) is 2. The zero-order valence-electron chi connectivity index (χ0n) is 9.63. The molecule has 1 heterocycles. The largest absolute Gasteiger partial charge is 0.314 e. The van der Waals surface area contributed by atoms with Gasteiger partial charge in [0.1, 0.15) is 0 Å². The lowest BCUT2D eigenvalue weighted by molar-refractivity contribution is 0.0482. The molecule has 2 rings (SSSR count). The smallest absolute Gasteiger partial charge is 0.0121 e. The average molecular weight is 196 g/mol. The van der Waals surface area contributed by atoms with Gasteiger partial charge in [0, 0.05) is 12.1 Å². The summed E-state index contributed by atoms with van der Waals surface area (Å²) >= 11 is 0. The highest BCUT2D eigenvalue weighted by Gasteiger charge is 2.33. The molecule has 2 nitrogen and oxygen atoms in total. The number of likely N-dealkylation sites (tertiary alicyclic amines) is 1. The minimum absolute atomic E-state index is 0.798. The van der Waals surface area contributed by atoms with Crippen LogP contribution in [0.3, 0.4) is 0 Å². The summed E-state index contributed by atoms with van der Waals surface area (Å²) in [6, 6.07) is 1.73. The molecule has 1 aliphatic carbocycles. The second-order valence-corrected chi connectivity index (χ2v) is 4.99. The maximum Gasteiger partial charge on any atom is 0.0121 e. The predicted octanol–water partition coefficient (Wildman–Crippen LogP) is 1.86. The number of nitrogens with zero attached hydrogens (tertiary/aromatic N) is 1. The van der Waals surface area contributed by atoms with Crippen molar-refractivity contribution in [2.24, 2.45) is 5.92 Å². The fourth-order valence-corrected chi connectivity index (χ4v) is 2.92. The molecule has 2 aliphatic rings. The van der Waals surface area contributed by atoms with Gasteiger partial charge in [0.2, 0.25) is 0 Å². The van der Waals surface area contributed by atoms with Crippen LogP contribution in [0, 0.1) is 5.92 Å². The van der Waals surface area contributed by atoms with Crippen molar-refractivity contribution >= 4 is 0 Å². The van der Waals surface area contributed by atoms with E-state index in [1.807, 2.05) is 0 Å². The molecule has 2 unspecified atom stereocenters. The highest BCUT2D eigenvalue weighted by molar-refractivity contribution is 4.89. The van der Waals surface area contributed by atoms with Gasteiger partial charge in [-0.15, -0.1) is 0 Å². The van der Waals surface area contributed by atoms with E-state index in [0.29, 0.717) is 0 Å². The topological polar surface area (TPSA) is 15.3 Å². The third-order valence-corrected chi connectivity index (χ3v) is 4.07. The van der Waals surface area contributed by atoms with Crippen molar-refractivity contribution < 1.29 is 0 Å². The Bertz CT molecular complexity index is 173. The first kappa shape index (κ1) is 10.4. The van der Waals surface area contributed by atoms with Gasteiger partial charge in [0.05, 0.1) is 0 Å². The fourth-order valence-electron chi connectivity index (χ4n) is 2.92. The third kappa shape index (κ3) is 2.12. The Morgan fingerprint density at radius 2 is 1.86 bits per heavy atom. The molecular formula is C12H24N2. The van der Waals surface area contributed by atoms with E-state index in [1.165, 1.54) is 38.8 Å². The van der Waals surface area contributed by atoms with Gasteiger partial charge >= 0.3 is 0 Å². The fraction of sp³-hybridized carbons (Fsp3) is 1.00. The summed E-state index contributed by atoms with van der Waals surface area (Å²) in [5.74, 6) is 0.964. The van der Waals surface area contributed by atoms with Crippen LogP contribution in [0.15, 0.2) is 0 Å². The van der Waals surface area contributed by atoms with E-state index in [9.17, 15) is 0 Å². The monoisotopic (exact) mass is 196 g/mol. The lowest BCUT2D eigenvalue weighted by Gasteiger charge is -2.46. The SMILES string of the molecule is CCNC1CCN(C2CCC2C)CC1. The van der Waals surface area contributed by atoms with Gasteiger partial charge in [-0.25, -0.2) is 0 Å². The van der Waals surface area contributed by atoms with E-state index in [4.69, 9.17) is 0 Å². The molecule has 1 saturated heterocycles. The predicted molar refractivity (Wildman–Crippen MR) is 60.5 cm³/mol. The minimum atomic E-state index is 0.798. The first-order valence-corrected chi connectivity index (χ1v) is 6.28. The lowest BCUT2D eigenvalue weighted by atomic mass is 9.79. The molecule has 0 aromatic heterocycles. The molecule has 82 valence electrons. The van der Waals surface area contributed by atoms with Gasteiger partial charge in [0.15, 0.2) is 0 Å². The summed E-state index contributed by atoms with van der Waals surface area (Å²) in [7, 11) is 0. The van der Waals surface area contributed by atoms with Gasteiger partial charge in [-0.2, -0.15) is 0 Å². The number of nitrogens with one attached hydrogen (secondary N) is 1. The Labute approximate surface area is 88.1 Å². The van der Waals surface area contributed by atoms with Crippen LogP contribution in [-0.2, 0) is 0 Å². The van der Waals surface area contributed by atoms with Crippen molar-refractivity contribution in [1.82, 2.24) is 10.2 Å². The molecule has 2 fully saturated rings. The zero-order chi connectivity index (χ0) is 9.97. The molecule has 0 bridgehead atoms. The zero-order valence-corrected chi connectivity index (χ0v) is 9.63. The Hall–Kier alpha value is -0.0800. The molecule has 2 heteroatoms. The van der Waals surface area contributed by atoms with Crippen LogP contribution in [0.25, 0.3) is 0 Å². The van der Waals surface area contributed by atoms with Crippen molar-refractivity contribution in [2.45, 2.75) is 51.6 Å². The molecule has 0 amide bonds. The van der Waals surface area contributed by atoms with Crippen LogP contribution >= 0.6 is 0 Å². The summed E-state index contributed by atoms with van der Waals surface area (Å²) in [4.78, 5) is 2.72. The van der Waals surface area contributed by atoms with Crippen molar-refractivity contribution in [1.29, 1.82) is 0 Å². The molecule has 2 atom stereocenters. The average Bonchev–Trinajstić information content (AvgIpc) is 2.19. The standard InChI is InChI=1S/C12H24N2/c1-3-13-11-6-8-14(9-7-11)12-5-4-10(12)2/h10-13H,3-9H2,1-2H3. The summed E-state index contributed by atoms with van der Waals surface area (Å²) in [6.45, 7) is 8.40. The Morgan fingerprint density at radius 3 is 2.29 bits per heavy atom. The van der Waals surface area contributed by atoms with Crippen LogP contribution in [0.4, 0.5) is 0 Å². The summed E-state index contributed by atoms with van der Waals surface area (Å²) in [5, 5.41) is 3.56. The summed E-state index contributed by atoms with van der Waals surface area (Å²) < 4.78 is 0. The van der Waals surface area contributed by atoms with E-state index < -0.39 is 0 Å². The minimum Gasteiger partial charge on any atom is -0.314 e. The lowest BCUT2D eigenvalue weighted by Crippen LogP contribution is -2.51. The molecular weight excluding hydrogens is 172 g/mol. The van der Waals surface area contributed by atoms with Gasteiger partial charge in [0.25, 0.3) is 0 Å². The molecule has 1 saturated carbocycles. The van der Waals surface area contributed by atoms with Crippen molar-refractivity contribution in [2.75, 3.05) is 19.6 Å². The summed E-state index contributed by atoms with van der Waals surface area (Å²) in [5.41, 5.74) is 0. The summed E-state index contributed by atoms with van der Waals surface area (Å²) in [6.07, 6.45) is 5.62. The second-order valence-electron chi connectivity index (χ2n) is 4.99. The Morgan fingerprint density at radius 1 is 1.14 bits per heavy atom. The maximum absolute atomic E-state index is 3.56. The maximum atomic E-state index is 3.56. The highest BCUT2D eigenvalue weighted by Crippen LogP contribution is 2.33. The molecule has 1 N–H and O–H groups in total. The number of piperidine rings is 1. The van der Waals surface area contributed by atoms with E-state index in [1.54, 1.807) is 0 Å². The number of rotatable bonds is 3. The first-order valence-electron chi connectivity index (χ1n) is 6.28. The highest BCUT2D eigenvalue weighted by atomic mass is 15.2. The van der Waals surface area contributed by atoms with Gasteiger partial charge < -0.3 is 10.2 Å². The van der Waals surface area contributed by atoms with Crippen molar-refractivity contribution in [3.63, 3.8) is 0 Å². The quantitative estimate of drug-likeness (QED) is 0.741. The Balaban J connectivity index is 1.73. The number of hydrogen-bond donors (Lipinski definition) is 1. The molecule has 14 heavy (non-hydrogen) atoms. The first-order chi connectivity index (χ1) is 6.81. The van der Waals surface area contributed by atoms with E-state index >= 15 is 0 Å². The Kier molecular flexibility index (Phi) is 3.45. The van der Waals surface area contributed by atoms with E-state index in [0.717, 1.165) is 24.5 Å². The molecule has 1 aliphatic heterocycles. The normalized spacial score (nSPS) is 35.6. The van der Waals surface area contributed by atoms with E-state index in [-0.39, 0.29) is 0 Å². The van der Waals surface area contributed by atoms with E-state index in [2.05, 4.69) is 24.1 Å². The molecule has 0 spiro atoms. The van der Waals surface area contributed by atoms with Gasteiger partial charge in [-0.05, 0) is 51.2 Å². The van der Waals surface area contributed by atoms with Crippen molar-refractivity contribution in [3.8, 4) is 0 Å². The molecule has 0 radical (unpaired) electrons. The van der Waals surface area contributed by atoms with Crippen LogP contribution in [-0.4, -0.2) is 36.6 Å². The van der Waals surface area contributed by atoms with Crippen LogP contribution in [0.2, 0.25) is 0 Å². The van der Waals surface area contributed by atoms with Crippen LogP contribution < -0.4 is 5.32 Å². The molecule has 0 aromatic carbocycles. The van der Waals surface area contributed by atoms with Crippen molar-refractivity contribution in [3.05, 3.63) is 0 Å². The third-order valence-electron chi connectivity index (χ3n) is 4.07. The van der Waals surface area contributed by atoms with Crippen LogP contribution in [0.5, 0.6) is 0 Å². The van der Waals surface area contributed by atoms with Gasteiger partial charge in [-0.1, -0.05) is 13.8 Å². The van der Waals surface area contributed by atoms with Crippen LogP contribution in [0.1, 0.15) is 39.5 Å². The van der Waals surface area contributed by atoms with Gasteiger partial charge in [-0.3, -0.25) is 0 Å². The molecule has 0 aromatic rings.